The van der Waals surface area contributed by atoms with Gasteiger partial charge in [-0.25, -0.2) is 0 Å². The van der Waals surface area contributed by atoms with E-state index in [2.05, 4.69) is 0 Å². The maximum atomic E-state index is 11.5. The van der Waals surface area contributed by atoms with E-state index in [4.69, 9.17) is 0 Å². The Kier molecular flexibility index (Phi) is 18.4. The van der Waals surface area contributed by atoms with Crippen LogP contribution in [-0.4, -0.2) is 32.7 Å². The smallest absolute Gasteiger partial charge is 0.164 e. The molecule has 0 aromatic heterocycles. The van der Waals surface area contributed by atoms with Gasteiger partial charge in [0.1, 0.15) is 17.3 Å². The van der Waals surface area contributed by atoms with E-state index in [0.717, 1.165) is 0 Å². The van der Waals surface area contributed by atoms with Crippen LogP contribution in [0.4, 0.5) is 0 Å². The van der Waals surface area contributed by atoms with Crippen molar-refractivity contribution in [2.75, 3.05) is 0 Å². The largest absolute Gasteiger partial charge is 0.512 e. The number of aliphatic hydroxyl groups excluding tert-OH is 3. The number of aliphatic hydroxyl groups is 3. The average molecular weight is 598 g/mol. The molecular formula is C33H60O6Sc. The van der Waals surface area contributed by atoms with Gasteiger partial charge in [-0.05, 0) is 0 Å². The van der Waals surface area contributed by atoms with Crippen LogP contribution in [0.2, 0.25) is 0 Å². The van der Waals surface area contributed by atoms with Gasteiger partial charge in [-0.1, -0.05) is 125 Å². The molecule has 0 atom stereocenters. The number of allylic oxidation sites excluding steroid dienone is 6. The summed E-state index contributed by atoms with van der Waals surface area (Å²) in [6.45, 7) is 33.3. The van der Waals surface area contributed by atoms with Gasteiger partial charge >= 0.3 is 0 Å². The van der Waals surface area contributed by atoms with Crippen LogP contribution < -0.4 is 0 Å². The molecule has 40 heavy (non-hydrogen) atoms. The second-order valence-corrected chi connectivity index (χ2v) is 16.2. The molecule has 0 aliphatic heterocycles. The fourth-order valence-corrected chi connectivity index (χ4v) is 1.67. The third-order valence-corrected chi connectivity index (χ3v) is 5.33. The van der Waals surface area contributed by atoms with E-state index >= 15 is 0 Å². The van der Waals surface area contributed by atoms with Gasteiger partial charge in [0.05, 0.1) is 0 Å². The van der Waals surface area contributed by atoms with E-state index in [-0.39, 0.29) is 76.7 Å². The fourth-order valence-electron chi connectivity index (χ4n) is 1.67. The molecule has 0 fully saturated rings. The van der Waals surface area contributed by atoms with Crippen molar-refractivity contribution in [2.24, 2.45) is 32.5 Å². The normalized spacial score (nSPS) is 14.1. The molecule has 0 saturated heterocycles. The van der Waals surface area contributed by atoms with Crippen LogP contribution in [0.15, 0.2) is 35.5 Å². The van der Waals surface area contributed by atoms with Gasteiger partial charge < -0.3 is 15.3 Å². The van der Waals surface area contributed by atoms with Crippen molar-refractivity contribution in [2.45, 2.75) is 125 Å². The van der Waals surface area contributed by atoms with Crippen molar-refractivity contribution in [3.63, 3.8) is 0 Å². The second-order valence-electron chi connectivity index (χ2n) is 16.2. The first-order chi connectivity index (χ1) is 16.6. The number of rotatable bonds is 3. The van der Waals surface area contributed by atoms with E-state index in [1.807, 2.05) is 125 Å². The fraction of sp³-hybridized carbons (Fsp3) is 0.727. The molecule has 0 saturated carbocycles. The zero-order valence-corrected chi connectivity index (χ0v) is 30.7. The zero-order chi connectivity index (χ0) is 32.6. The molecule has 3 N–H and O–H groups in total. The van der Waals surface area contributed by atoms with E-state index in [0.29, 0.717) is 0 Å². The molecule has 0 aliphatic rings. The SMILES string of the molecule is CC(C)(C)C(=O)C=C(O)C(C)(C)C.CC(C)(C)C(=O)C=C(O)C(C)(C)C.CC(C)(C)C(=O)C=C(O)C(C)(C)C.[Sc]. The molecule has 0 amide bonds. The van der Waals surface area contributed by atoms with Gasteiger partial charge in [-0.3, -0.25) is 14.4 Å². The van der Waals surface area contributed by atoms with Crippen LogP contribution in [0, 0.1) is 32.5 Å². The third kappa shape index (κ3) is 21.3. The van der Waals surface area contributed by atoms with Crippen LogP contribution >= 0.6 is 0 Å². The van der Waals surface area contributed by atoms with Gasteiger partial charge in [-0.15, -0.1) is 0 Å². The van der Waals surface area contributed by atoms with Crippen molar-refractivity contribution in [1.29, 1.82) is 0 Å². The number of ketones is 3. The number of hydrogen-bond acceptors (Lipinski definition) is 6. The molecule has 0 aromatic rings. The van der Waals surface area contributed by atoms with E-state index < -0.39 is 16.2 Å². The summed E-state index contributed by atoms with van der Waals surface area (Å²) in [5.41, 5.74) is -2.29. The predicted octanol–water partition coefficient (Wildman–Crippen LogP) is 9.27. The predicted molar refractivity (Wildman–Crippen MR) is 164 cm³/mol. The average Bonchev–Trinajstić information content (AvgIpc) is 2.64. The molecule has 0 aromatic carbocycles. The van der Waals surface area contributed by atoms with Crippen molar-refractivity contribution in [1.82, 2.24) is 0 Å². The minimum atomic E-state index is -0.417. The summed E-state index contributed by atoms with van der Waals surface area (Å²) < 4.78 is 0. The van der Waals surface area contributed by atoms with Gasteiger partial charge in [0.15, 0.2) is 17.3 Å². The first-order valence-electron chi connectivity index (χ1n) is 13.5. The van der Waals surface area contributed by atoms with Crippen LogP contribution in [-0.2, 0) is 40.2 Å². The van der Waals surface area contributed by atoms with Crippen LogP contribution in [0.25, 0.3) is 0 Å². The number of carbonyl (C=O) groups excluding carboxylic acids is 3. The summed E-state index contributed by atoms with van der Waals surface area (Å²) in [7, 11) is 0. The Morgan fingerprint density at radius 2 is 0.475 bits per heavy atom. The molecule has 7 heteroatoms. The van der Waals surface area contributed by atoms with Gasteiger partial charge in [-0.2, -0.15) is 0 Å². The van der Waals surface area contributed by atoms with Gasteiger partial charge in [0.2, 0.25) is 0 Å². The van der Waals surface area contributed by atoms with Crippen LogP contribution in [0.3, 0.4) is 0 Å². The summed E-state index contributed by atoms with van der Waals surface area (Å²) in [6.07, 6.45) is 4.00. The monoisotopic (exact) mass is 597 g/mol. The van der Waals surface area contributed by atoms with Gasteiger partial charge in [0, 0.05) is 76.6 Å². The van der Waals surface area contributed by atoms with Crippen LogP contribution in [0.1, 0.15) is 125 Å². The minimum absolute atomic E-state index is 0. The first kappa shape index (κ1) is 45.5. The number of carbonyl (C=O) groups is 3. The first-order valence-corrected chi connectivity index (χ1v) is 13.5. The maximum Gasteiger partial charge on any atom is 0.164 e. The molecule has 1 radical (unpaired) electrons. The second kappa shape index (κ2) is 16.2. The molecule has 231 valence electrons. The molecule has 0 bridgehead atoms. The molecular weight excluding hydrogens is 537 g/mol. The Balaban J connectivity index is -0.000000240. The summed E-state index contributed by atoms with van der Waals surface area (Å²) in [5, 5.41) is 28.7. The molecule has 0 rings (SSSR count). The van der Waals surface area contributed by atoms with Gasteiger partial charge in [0.25, 0.3) is 0 Å². The van der Waals surface area contributed by atoms with Crippen molar-refractivity contribution in [3.05, 3.63) is 35.5 Å². The standard InChI is InChI=1S/3C11H20O2.Sc/c3*1-10(2,3)8(12)7-9(13)11(4,5)6;/h3*7,12H,1-6H3;. The van der Waals surface area contributed by atoms with Crippen LogP contribution in [0.5, 0.6) is 0 Å². The molecule has 0 unspecified atom stereocenters. The van der Waals surface area contributed by atoms with E-state index in [1.165, 1.54) is 18.2 Å². The number of hydrogen-bond donors (Lipinski definition) is 3. The Morgan fingerprint density at radius 1 is 0.350 bits per heavy atom. The summed E-state index contributed by atoms with van der Waals surface area (Å²) in [5.74, 6) is 0.312. The molecule has 0 aliphatic carbocycles. The van der Waals surface area contributed by atoms with E-state index in [9.17, 15) is 29.7 Å². The Labute approximate surface area is 264 Å². The Morgan fingerprint density at radius 3 is 0.550 bits per heavy atom. The van der Waals surface area contributed by atoms with Crippen molar-refractivity contribution < 1.29 is 55.5 Å². The topological polar surface area (TPSA) is 112 Å². The summed E-state index contributed by atoms with van der Waals surface area (Å²) in [4.78, 5) is 34.5. The minimum Gasteiger partial charge on any atom is -0.512 e. The van der Waals surface area contributed by atoms with E-state index in [1.54, 1.807) is 0 Å². The third-order valence-electron chi connectivity index (χ3n) is 5.33. The summed E-state index contributed by atoms with van der Waals surface area (Å²) >= 11 is 0. The molecule has 0 heterocycles. The van der Waals surface area contributed by atoms with Crippen molar-refractivity contribution in [3.8, 4) is 0 Å². The Bertz CT molecular complexity index is 801. The van der Waals surface area contributed by atoms with Crippen molar-refractivity contribution >= 4 is 17.3 Å². The quantitative estimate of drug-likeness (QED) is 0.221. The summed E-state index contributed by atoms with van der Waals surface area (Å²) in [6, 6.07) is 0. The zero-order valence-electron chi connectivity index (χ0n) is 28.9. The molecule has 0 spiro atoms. The Hall–Kier alpha value is -1.50. The molecule has 6 nitrogen and oxygen atoms in total. The maximum absolute atomic E-state index is 11.5.